The van der Waals surface area contributed by atoms with Gasteiger partial charge in [-0.3, -0.25) is 0 Å². The van der Waals surface area contributed by atoms with Crippen LogP contribution in [-0.4, -0.2) is 0 Å². The van der Waals surface area contributed by atoms with E-state index < -0.39 is 5.41 Å². The summed E-state index contributed by atoms with van der Waals surface area (Å²) in [5, 5.41) is 0. The van der Waals surface area contributed by atoms with Crippen molar-refractivity contribution in [2.75, 3.05) is 0 Å². The Morgan fingerprint density at radius 3 is 0.868 bits per heavy atom. The summed E-state index contributed by atoms with van der Waals surface area (Å²) in [6.07, 6.45) is 0. The van der Waals surface area contributed by atoms with Crippen LogP contribution in [-0.2, 0) is 5.41 Å². The van der Waals surface area contributed by atoms with Crippen molar-refractivity contribution >= 4 is 0 Å². The highest BCUT2D eigenvalue weighted by Gasteiger charge is 2.46. The van der Waals surface area contributed by atoms with Crippen LogP contribution in [0.1, 0.15) is 44.5 Å². The average Bonchev–Trinajstić information content (AvgIpc) is 3.49. The van der Waals surface area contributed by atoms with E-state index in [1.54, 1.807) is 0 Å². The highest BCUT2D eigenvalue weighted by atomic mass is 14.5. The fourth-order valence-corrected chi connectivity index (χ4v) is 8.68. The minimum atomic E-state index is -0.593. The predicted octanol–water partition coefficient (Wildman–Crippen LogP) is 14.0. The summed E-state index contributed by atoms with van der Waals surface area (Å²) in [6, 6.07) is 68.6. The van der Waals surface area contributed by atoms with Gasteiger partial charge in [-0.15, -0.1) is 0 Å². The molecule has 0 saturated heterocycles. The maximum absolute atomic E-state index is 2.47. The normalized spacial score (nSPS) is 12.7. The molecule has 53 heavy (non-hydrogen) atoms. The van der Waals surface area contributed by atoms with Crippen molar-refractivity contribution < 1.29 is 0 Å². The van der Waals surface area contributed by atoms with Gasteiger partial charge in [0.25, 0.3) is 0 Å². The summed E-state index contributed by atoms with van der Waals surface area (Å²) in [7, 11) is 0. The van der Waals surface area contributed by atoms with Gasteiger partial charge in [0, 0.05) is 0 Å². The van der Waals surface area contributed by atoms with E-state index in [0.29, 0.717) is 0 Å². The molecule has 0 radical (unpaired) electrons. The summed E-state index contributed by atoms with van der Waals surface area (Å²) < 4.78 is 0. The molecule has 0 spiro atoms. The fraction of sp³-hybridized carbons (Fsp3) is 0.0943. The summed E-state index contributed by atoms with van der Waals surface area (Å²) in [4.78, 5) is 0. The first-order valence-corrected chi connectivity index (χ1v) is 18.7. The zero-order valence-corrected chi connectivity index (χ0v) is 30.8. The lowest BCUT2D eigenvalue weighted by molar-refractivity contribution is 0.770. The van der Waals surface area contributed by atoms with Crippen molar-refractivity contribution in [1.82, 2.24) is 0 Å². The molecule has 0 aliphatic heterocycles. The van der Waals surface area contributed by atoms with Crippen LogP contribution in [0.5, 0.6) is 0 Å². The Morgan fingerprint density at radius 2 is 0.566 bits per heavy atom. The second-order valence-electron chi connectivity index (χ2n) is 14.9. The first-order valence-electron chi connectivity index (χ1n) is 18.7. The maximum atomic E-state index is 2.47. The smallest absolute Gasteiger partial charge is 0.0619 e. The van der Waals surface area contributed by atoms with Gasteiger partial charge in [0.2, 0.25) is 0 Å². The molecule has 0 heterocycles. The van der Waals surface area contributed by atoms with Crippen LogP contribution in [0, 0.1) is 27.7 Å². The molecule has 9 rings (SSSR count). The molecule has 1 aliphatic carbocycles. The molecule has 0 heteroatoms. The number of aryl methyl sites for hydroxylation is 4. The van der Waals surface area contributed by atoms with Crippen LogP contribution in [0.3, 0.4) is 0 Å². The van der Waals surface area contributed by atoms with E-state index in [1.165, 1.54) is 100 Å². The van der Waals surface area contributed by atoms with Gasteiger partial charge >= 0.3 is 0 Å². The number of hydrogen-bond donors (Lipinski definition) is 0. The lowest BCUT2D eigenvalue weighted by Crippen LogP contribution is -2.29. The van der Waals surface area contributed by atoms with Crippen molar-refractivity contribution in [1.29, 1.82) is 0 Å². The van der Waals surface area contributed by atoms with E-state index in [9.17, 15) is 0 Å². The molecule has 0 fully saturated rings. The van der Waals surface area contributed by atoms with Crippen LogP contribution in [0.15, 0.2) is 182 Å². The summed E-state index contributed by atoms with van der Waals surface area (Å²) >= 11 is 0. The summed E-state index contributed by atoms with van der Waals surface area (Å²) in [5.74, 6) is 0. The third-order valence-corrected chi connectivity index (χ3v) is 11.1. The molecule has 1 aliphatic rings. The minimum Gasteiger partial charge on any atom is -0.0619 e. The van der Waals surface area contributed by atoms with Crippen LogP contribution < -0.4 is 0 Å². The van der Waals surface area contributed by atoms with Crippen LogP contribution >= 0.6 is 0 Å². The Labute approximate surface area is 314 Å². The maximum Gasteiger partial charge on any atom is 0.0714 e. The van der Waals surface area contributed by atoms with E-state index >= 15 is 0 Å². The third kappa shape index (κ3) is 5.72. The third-order valence-electron chi connectivity index (χ3n) is 11.1. The van der Waals surface area contributed by atoms with Crippen molar-refractivity contribution in [2.24, 2.45) is 0 Å². The van der Waals surface area contributed by atoms with E-state index in [1.807, 2.05) is 0 Å². The summed E-state index contributed by atoms with van der Waals surface area (Å²) in [5.41, 5.74) is 22.0. The van der Waals surface area contributed by atoms with Gasteiger partial charge in [0.05, 0.1) is 5.41 Å². The predicted molar refractivity (Wildman–Crippen MR) is 224 cm³/mol. The second kappa shape index (κ2) is 13.1. The SMILES string of the molecule is Cc1cccc(-c2cc(-c3cccc(C)c3)cc(C3(c4cc(-c5cccc(C)c5)cc(-c5cccc(C)c5)c4)c4ccccc4-c4ccccc43)c2)c1. The molecule has 0 N–H and O–H groups in total. The molecule has 0 saturated carbocycles. The van der Waals surface area contributed by atoms with Gasteiger partial charge in [0.1, 0.15) is 0 Å². The molecule has 0 bridgehead atoms. The lowest BCUT2D eigenvalue weighted by atomic mass is 9.66. The molecule has 0 atom stereocenters. The quantitative estimate of drug-likeness (QED) is 0.164. The van der Waals surface area contributed by atoms with E-state index in [2.05, 4.69) is 210 Å². The van der Waals surface area contributed by atoms with Gasteiger partial charge in [-0.2, -0.15) is 0 Å². The zero-order chi connectivity index (χ0) is 36.1. The molecule has 8 aromatic rings. The molecule has 254 valence electrons. The molecule has 8 aromatic carbocycles. The second-order valence-corrected chi connectivity index (χ2v) is 14.9. The number of benzene rings is 8. The van der Waals surface area contributed by atoms with Crippen LogP contribution in [0.4, 0.5) is 0 Å². The number of rotatable bonds is 6. The molecule has 0 nitrogen and oxygen atoms in total. The topological polar surface area (TPSA) is 0 Å². The van der Waals surface area contributed by atoms with Gasteiger partial charge in [-0.25, -0.2) is 0 Å². The van der Waals surface area contributed by atoms with E-state index in [4.69, 9.17) is 0 Å². The van der Waals surface area contributed by atoms with Gasteiger partial charge < -0.3 is 0 Å². The number of hydrogen-bond acceptors (Lipinski definition) is 0. The lowest BCUT2D eigenvalue weighted by Gasteiger charge is -2.35. The van der Waals surface area contributed by atoms with Gasteiger partial charge in [-0.1, -0.05) is 168 Å². The summed E-state index contributed by atoms with van der Waals surface area (Å²) in [6.45, 7) is 8.74. The fourth-order valence-electron chi connectivity index (χ4n) is 8.68. The highest BCUT2D eigenvalue weighted by Crippen LogP contribution is 2.57. The molecular formula is C53H42. The Hall–Kier alpha value is -6.24. The Balaban J connectivity index is 1.44. The van der Waals surface area contributed by atoms with Crippen molar-refractivity contribution in [3.8, 4) is 55.6 Å². The Bertz CT molecular complexity index is 2360. The van der Waals surface area contributed by atoms with E-state index in [0.717, 1.165) is 0 Å². The molecule has 0 unspecified atom stereocenters. The molecule has 0 amide bonds. The van der Waals surface area contributed by atoms with Gasteiger partial charge in [-0.05, 0) is 142 Å². The molecule has 0 aromatic heterocycles. The Kier molecular flexibility index (Phi) is 8.05. The molecular weight excluding hydrogens is 637 g/mol. The standard InChI is InChI=1S/C53H42/c1-35-13-9-17-39(25-35)43-29-44(40-18-10-14-36(2)26-40)32-47(31-43)53(51-23-7-5-21-49(51)50-22-6-8-24-52(50)53)48-33-45(41-19-11-15-37(3)27-41)30-46(34-48)42-20-12-16-38(4)28-42/h5-34H,1-4H3. The largest absolute Gasteiger partial charge is 0.0714 e. The van der Waals surface area contributed by atoms with Gasteiger partial charge in [0.15, 0.2) is 0 Å². The number of fused-ring (bicyclic) bond motifs is 3. The first-order chi connectivity index (χ1) is 25.9. The van der Waals surface area contributed by atoms with Crippen molar-refractivity contribution in [3.05, 3.63) is 226 Å². The van der Waals surface area contributed by atoms with Crippen LogP contribution in [0.25, 0.3) is 55.6 Å². The van der Waals surface area contributed by atoms with Crippen LogP contribution in [0.2, 0.25) is 0 Å². The Morgan fingerprint density at radius 1 is 0.264 bits per heavy atom. The zero-order valence-electron chi connectivity index (χ0n) is 30.8. The average molecular weight is 679 g/mol. The van der Waals surface area contributed by atoms with E-state index in [-0.39, 0.29) is 0 Å². The van der Waals surface area contributed by atoms with Crippen molar-refractivity contribution in [3.63, 3.8) is 0 Å². The monoisotopic (exact) mass is 678 g/mol. The highest BCUT2D eigenvalue weighted by molar-refractivity contribution is 5.89. The minimum absolute atomic E-state index is 0.593. The first kappa shape index (κ1) is 32.7. The van der Waals surface area contributed by atoms with Crippen molar-refractivity contribution in [2.45, 2.75) is 33.1 Å².